The maximum Gasteiger partial charge on any atom is 0.356 e. The topological polar surface area (TPSA) is 55.1 Å². The van der Waals surface area contributed by atoms with E-state index in [0.717, 1.165) is 55.5 Å². The smallest absolute Gasteiger partial charge is 0.356 e. The van der Waals surface area contributed by atoms with Crippen LogP contribution in [0.15, 0.2) is 24.3 Å². The third kappa shape index (κ3) is 3.91. The molecule has 0 amide bonds. The van der Waals surface area contributed by atoms with Gasteiger partial charge in [-0.1, -0.05) is 49.4 Å². The van der Waals surface area contributed by atoms with Gasteiger partial charge in [0.15, 0.2) is 5.69 Å². The van der Waals surface area contributed by atoms with E-state index < -0.39 is 5.97 Å². The Kier molecular flexibility index (Phi) is 5.53. The number of rotatable bonds is 4. The minimum atomic E-state index is -0.882. The summed E-state index contributed by atoms with van der Waals surface area (Å²) in [6.07, 6.45) is 10.9. The fourth-order valence-corrected chi connectivity index (χ4v) is 5.00. The molecule has 1 N–H and O–H groups in total. The summed E-state index contributed by atoms with van der Waals surface area (Å²) < 4.78 is 2.13. The van der Waals surface area contributed by atoms with E-state index in [0.29, 0.717) is 17.7 Å². The zero-order valence-corrected chi connectivity index (χ0v) is 16.4. The molecular formula is C22H27ClN2O2. The van der Waals surface area contributed by atoms with Crippen molar-refractivity contribution in [1.82, 2.24) is 9.78 Å². The molecule has 1 aromatic heterocycles. The fourth-order valence-electron chi connectivity index (χ4n) is 4.87. The number of carboxylic acid groups (broad SMARTS) is 1. The van der Waals surface area contributed by atoms with Gasteiger partial charge in [-0.15, -0.1) is 0 Å². The summed E-state index contributed by atoms with van der Waals surface area (Å²) in [7, 11) is 0. The zero-order chi connectivity index (χ0) is 18.8. The van der Waals surface area contributed by atoms with Crippen molar-refractivity contribution in [2.24, 2.45) is 0 Å². The lowest BCUT2D eigenvalue weighted by molar-refractivity contribution is 0.0687. The van der Waals surface area contributed by atoms with Crippen molar-refractivity contribution in [2.75, 3.05) is 0 Å². The second-order valence-corrected chi connectivity index (χ2v) is 8.46. The predicted octanol–water partition coefficient (Wildman–Crippen LogP) is 5.79. The van der Waals surface area contributed by atoms with Gasteiger partial charge in [0.05, 0.1) is 6.04 Å². The zero-order valence-electron chi connectivity index (χ0n) is 15.7. The summed E-state index contributed by atoms with van der Waals surface area (Å²) in [6, 6.07) is 8.41. The monoisotopic (exact) mass is 386 g/mol. The number of nitrogens with zero attached hydrogens (tertiary/aromatic N) is 2. The highest BCUT2D eigenvalue weighted by molar-refractivity contribution is 6.30. The van der Waals surface area contributed by atoms with E-state index >= 15 is 0 Å². The van der Waals surface area contributed by atoms with Crippen LogP contribution in [0.4, 0.5) is 0 Å². The maximum absolute atomic E-state index is 11.9. The molecule has 0 saturated heterocycles. The molecule has 5 heteroatoms. The van der Waals surface area contributed by atoms with Crippen LogP contribution < -0.4 is 0 Å². The molecule has 0 aliphatic heterocycles. The number of benzene rings is 1. The van der Waals surface area contributed by atoms with Gasteiger partial charge in [-0.05, 0) is 56.2 Å². The van der Waals surface area contributed by atoms with E-state index in [1.807, 2.05) is 12.1 Å². The molecule has 4 rings (SSSR count). The van der Waals surface area contributed by atoms with Crippen LogP contribution in [0.25, 0.3) is 0 Å². The van der Waals surface area contributed by atoms with E-state index in [9.17, 15) is 9.90 Å². The lowest BCUT2D eigenvalue weighted by atomic mass is 9.89. The van der Waals surface area contributed by atoms with E-state index in [2.05, 4.69) is 21.9 Å². The Morgan fingerprint density at radius 2 is 1.78 bits per heavy atom. The Labute approximate surface area is 165 Å². The molecule has 1 fully saturated rings. The van der Waals surface area contributed by atoms with E-state index in [1.165, 1.54) is 30.5 Å². The first kappa shape index (κ1) is 18.5. The average Bonchev–Trinajstić information content (AvgIpc) is 2.95. The third-order valence-corrected chi connectivity index (χ3v) is 6.44. The minimum absolute atomic E-state index is 0.290. The first-order valence-corrected chi connectivity index (χ1v) is 10.6. The second kappa shape index (κ2) is 8.05. The number of fused-ring (bicyclic) bond motifs is 1. The Balaban J connectivity index is 1.75. The molecule has 0 radical (unpaired) electrons. The predicted molar refractivity (Wildman–Crippen MR) is 107 cm³/mol. The normalized spacial score (nSPS) is 20.9. The molecule has 0 spiro atoms. The highest BCUT2D eigenvalue weighted by Crippen LogP contribution is 2.39. The molecule has 1 unspecified atom stereocenters. The molecule has 2 aliphatic rings. The van der Waals surface area contributed by atoms with Crippen LogP contribution in [0.3, 0.4) is 0 Å². The molecule has 1 aromatic carbocycles. The summed E-state index contributed by atoms with van der Waals surface area (Å²) in [5.74, 6) is -0.556. The van der Waals surface area contributed by atoms with Gasteiger partial charge < -0.3 is 5.11 Å². The summed E-state index contributed by atoms with van der Waals surface area (Å²) in [6.45, 7) is 0. The quantitative estimate of drug-likeness (QED) is 0.676. The van der Waals surface area contributed by atoms with Crippen LogP contribution in [-0.4, -0.2) is 20.9 Å². The fraction of sp³-hybridized carbons (Fsp3) is 0.545. The van der Waals surface area contributed by atoms with Crippen molar-refractivity contribution in [3.05, 3.63) is 51.8 Å². The lowest BCUT2D eigenvalue weighted by Crippen LogP contribution is -2.19. The number of carbonyl (C=O) groups is 1. The Bertz CT molecular complexity index is 806. The molecule has 1 saturated carbocycles. The molecule has 2 aliphatic carbocycles. The van der Waals surface area contributed by atoms with Crippen LogP contribution in [0.2, 0.25) is 5.02 Å². The maximum atomic E-state index is 11.9. The van der Waals surface area contributed by atoms with Crippen LogP contribution in [0.5, 0.6) is 0 Å². The van der Waals surface area contributed by atoms with Crippen molar-refractivity contribution in [3.8, 4) is 0 Å². The Morgan fingerprint density at radius 3 is 2.48 bits per heavy atom. The lowest BCUT2D eigenvalue weighted by Gasteiger charge is -2.27. The van der Waals surface area contributed by atoms with Crippen molar-refractivity contribution in [2.45, 2.75) is 76.2 Å². The molecular weight excluding hydrogens is 360 g/mol. The van der Waals surface area contributed by atoms with Crippen molar-refractivity contribution >= 4 is 17.6 Å². The number of halogens is 1. The molecule has 4 nitrogen and oxygen atoms in total. The molecule has 1 atom stereocenters. The summed E-state index contributed by atoms with van der Waals surface area (Å²) in [4.78, 5) is 11.9. The standard InChI is InChI=1S/C22H27ClN2O2/c23-17-12-10-15(11-13-17)14-16-6-4-5-9-19-20(22(26)27)24-25(21(16)19)18-7-2-1-3-8-18/h10-13,16,18H,1-9,14H2,(H,26,27). The summed E-state index contributed by atoms with van der Waals surface area (Å²) >= 11 is 6.05. The van der Waals surface area contributed by atoms with Crippen LogP contribution in [-0.2, 0) is 12.8 Å². The van der Waals surface area contributed by atoms with Gasteiger partial charge in [-0.2, -0.15) is 5.10 Å². The van der Waals surface area contributed by atoms with Gasteiger partial charge in [0.2, 0.25) is 0 Å². The van der Waals surface area contributed by atoms with Crippen molar-refractivity contribution < 1.29 is 9.90 Å². The van der Waals surface area contributed by atoms with E-state index in [4.69, 9.17) is 11.6 Å². The SMILES string of the molecule is O=C(O)c1nn(C2CCCCC2)c2c1CCCCC2Cc1ccc(Cl)cc1. The number of aromatic nitrogens is 2. The first-order valence-electron chi connectivity index (χ1n) is 10.2. The first-order chi connectivity index (χ1) is 13.1. The third-order valence-electron chi connectivity index (χ3n) is 6.18. The minimum Gasteiger partial charge on any atom is -0.476 e. The Morgan fingerprint density at radius 1 is 1.07 bits per heavy atom. The number of aromatic carboxylic acids is 1. The van der Waals surface area contributed by atoms with Gasteiger partial charge in [0.25, 0.3) is 0 Å². The largest absolute Gasteiger partial charge is 0.476 e. The summed E-state index contributed by atoms with van der Waals surface area (Å²) in [5, 5.41) is 15.2. The van der Waals surface area contributed by atoms with Crippen LogP contribution >= 0.6 is 11.6 Å². The van der Waals surface area contributed by atoms with Gasteiger partial charge >= 0.3 is 5.97 Å². The number of hydrogen-bond donors (Lipinski definition) is 1. The summed E-state index contributed by atoms with van der Waals surface area (Å²) in [5.41, 5.74) is 3.74. The van der Waals surface area contributed by atoms with Crippen LogP contribution in [0.1, 0.15) is 90.6 Å². The van der Waals surface area contributed by atoms with Crippen LogP contribution in [0, 0.1) is 0 Å². The van der Waals surface area contributed by atoms with Crippen molar-refractivity contribution in [3.63, 3.8) is 0 Å². The molecule has 27 heavy (non-hydrogen) atoms. The number of hydrogen-bond acceptors (Lipinski definition) is 2. The molecule has 1 heterocycles. The molecule has 144 valence electrons. The van der Waals surface area contributed by atoms with E-state index in [-0.39, 0.29) is 0 Å². The highest BCUT2D eigenvalue weighted by Gasteiger charge is 2.32. The van der Waals surface area contributed by atoms with E-state index in [1.54, 1.807) is 0 Å². The second-order valence-electron chi connectivity index (χ2n) is 8.03. The Hall–Kier alpha value is -1.81. The van der Waals surface area contributed by atoms with Gasteiger partial charge in [-0.3, -0.25) is 4.68 Å². The van der Waals surface area contributed by atoms with Gasteiger partial charge in [-0.25, -0.2) is 4.79 Å². The van der Waals surface area contributed by atoms with Gasteiger partial charge in [0.1, 0.15) is 0 Å². The molecule has 0 bridgehead atoms. The average molecular weight is 387 g/mol. The number of carboxylic acids is 1. The molecule has 2 aromatic rings. The highest BCUT2D eigenvalue weighted by atomic mass is 35.5. The van der Waals surface area contributed by atoms with Gasteiger partial charge in [0, 0.05) is 22.2 Å². The van der Waals surface area contributed by atoms with Crippen molar-refractivity contribution in [1.29, 1.82) is 0 Å².